The molecule has 0 saturated heterocycles. The van der Waals surface area contributed by atoms with Crippen LogP contribution in [0.15, 0.2) is 24.3 Å². The summed E-state index contributed by atoms with van der Waals surface area (Å²) in [6.45, 7) is 0. The van der Waals surface area contributed by atoms with Gasteiger partial charge in [-0.2, -0.15) is 0 Å². The zero-order valence-corrected chi connectivity index (χ0v) is 6.77. The Morgan fingerprint density at radius 1 is 1.31 bits per heavy atom. The highest BCUT2D eigenvalue weighted by molar-refractivity contribution is 6.06. The Labute approximate surface area is 74.9 Å². The Morgan fingerprint density at radius 3 is 2.85 bits per heavy atom. The molecule has 0 heterocycles. The number of aromatic hydroxyl groups is 1. The Kier molecular flexibility index (Phi) is 1.67. The van der Waals surface area contributed by atoms with Crippen molar-refractivity contribution in [1.29, 1.82) is 0 Å². The molecular weight excluding hydrogens is 168 g/mol. The fourth-order valence-electron chi connectivity index (χ4n) is 1.34. The first-order valence-corrected chi connectivity index (χ1v) is 3.92. The van der Waals surface area contributed by atoms with Gasteiger partial charge in [0, 0.05) is 5.56 Å². The van der Waals surface area contributed by atoms with E-state index < -0.39 is 6.10 Å². The predicted octanol–water partition coefficient (Wildman–Crippen LogP) is 0.963. The van der Waals surface area contributed by atoms with Crippen LogP contribution in [-0.4, -0.2) is 22.1 Å². The summed E-state index contributed by atoms with van der Waals surface area (Å²) < 4.78 is 0. The van der Waals surface area contributed by atoms with Crippen LogP contribution in [0.5, 0.6) is 5.75 Å². The normalized spacial score (nSPS) is 20.1. The van der Waals surface area contributed by atoms with E-state index in [1.807, 2.05) is 0 Å². The minimum absolute atomic E-state index is 0.0367. The number of carbonyl (C=O) groups is 1. The number of aliphatic hydroxyl groups excluding tert-OH is 1. The average Bonchev–Trinajstić information content (AvgIpc) is 2.12. The standard InChI is InChI=1S/C10H8O3/c11-7-3-1-6-2-4-9(12)10(13)8(6)5-7/h1-5,9,11-12H. The second-order valence-corrected chi connectivity index (χ2v) is 2.94. The number of phenolic OH excluding ortho intramolecular Hbond substituents is 1. The van der Waals surface area contributed by atoms with Crippen LogP contribution in [0.4, 0.5) is 0 Å². The molecule has 2 rings (SSSR count). The predicted molar refractivity (Wildman–Crippen MR) is 47.5 cm³/mol. The van der Waals surface area contributed by atoms with Crippen molar-refractivity contribution in [3.05, 3.63) is 35.4 Å². The van der Waals surface area contributed by atoms with E-state index >= 15 is 0 Å². The molecule has 0 spiro atoms. The van der Waals surface area contributed by atoms with Crippen LogP contribution in [0.3, 0.4) is 0 Å². The van der Waals surface area contributed by atoms with Gasteiger partial charge in [0.05, 0.1) is 0 Å². The lowest BCUT2D eigenvalue weighted by molar-refractivity contribution is 0.0818. The van der Waals surface area contributed by atoms with Gasteiger partial charge < -0.3 is 10.2 Å². The summed E-state index contributed by atoms with van der Waals surface area (Å²) in [6.07, 6.45) is 2.03. The quantitative estimate of drug-likeness (QED) is 0.619. The van der Waals surface area contributed by atoms with Crippen LogP contribution in [0, 0.1) is 0 Å². The molecule has 3 heteroatoms. The van der Waals surface area contributed by atoms with E-state index in [0.717, 1.165) is 5.56 Å². The van der Waals surface area contributed by atoms with Gasteiger partial charge in [0.15, 0.2) is 5.78 Å². The maximum atomic E-state index is 11.4. The number of carbonyl (C=O) groups excluding carboxylic acids is 1. The smallest absolute Gasteiger partial charge is 0.195 e. The second kappa shape index (κ2) is 2.71. The van der Waals surface area contributed by atoms with Crippen LogP contribution >= 0.6 is 0 Å². The van der Waals surface area contributed by atoms with E-state index in [9.17, 15) is 9.90 Å². The molecule has 13 heavy (non-hydrogen) atoms. The van der Waals surface area contributed by atoms with Crippen LogP contribution in [0.25, 0.3) is 6.08 Å². The van der Waals surface area contributed by atoms with Gasteiger partial charge in [0.1, 0.15) is 11.9 Å². The monoisotopic (exact) mass is 176 g/mol. The SMILES string of the molecule is O=C1c2cc(O)ccc2C=CC1O. The van der Waals surface area contributed by atoms with Crippen LogP contribution in [0.2, 0.25) is 0 Å². The fraction of sp³-hybridized carbons (Fsp3) is 0.100. The van der Waals surface area contributed by atoms with E-state index in [1.54, 1.807) is 12.1 Å². The highest BCUT2D eigenvalue weighted by Crippen LogP contribution is 2.23. The minimum atomic E-state index is -1.07. The molecule has 0 aromatic heterocycles. The maximum absolute atomic E-state index is 11.4. The summed E-state index contributed by atoms with van der Waals surface area (Å²) in [5, 5.41) is 18.3. The summed E-state index contributed by atoms with van der Waals surface area (Å²) in [5.74, 6) is -0.331. The highest BCUT2D eigenvalue weighted by atomic mass is 16.3. The Balaban J connectivity index is 2.60. The van der Waals surface area contributed by atoms with Crippen molar-refractivity contribution in [2.45, 2.75) is 6.10 Å². The van der Waals surface area contributed by atoms with Crippen LogP contribution < -0.4 is 0 Å². The van der Waals surface area contributed by atoms with Gasteiger partial charge in [0.25, 0.3) is 0 Å². The fourth-order valence-corrected chi connectivity index (χ4v) is 1.34. The van der Waals surface area contributed by atoms with E-state index in [2.05, 4.69) is 0 Å². The number of phenols is 1. The molecular formula is C10H8O3. The molecule has 1 aliphatic rings. The minimum Gasteiger partial charge on any atom is -0.508 e. The molecule has 2 N–H and O–H groups in total. The molecule has 0 amide bonds. The molecule has 0 fully saturated rings. The molecule has 1 unspecified atom stereocenters. The van der Waals surface area contributed by atoms with Crippen molar-refractivity contribution in [3.63, 3.8) is 0 Å². The number of aliphatic hydroxyl groups is 1. The maximum Gasteiger partial charge on any atom is 0.195 e. The third-order valence-electron chi connectivity index (χ3n) is 2.03. The summed E-state index contributed by atoms with van der Waals surface area (Å²) in [6, 6.07) is 4.52. The molecule has 1 aromatic rings. The van der Waals surface area contributed by atoms with Crippen molar-refractivity contribution in [2.24, 2.45) is 0 Å². The number of Topliss-reactive ketones (excluding diaryl/α,β-unsaturated/α-hetero) is 1. The van der Waals surface area contributed by atoms with Gasteiger partial charge in [-0.15, -0.1) is 0 Å². The highest BCUT2D eigenvalue weighted by Gasteiger charge is 2.21. The van der Waals surface area contributed by atoms with Crippen molar-refractivity contribution in [2.75, 3.05) is 0 Å². The Bertz CT molecular complexity index is 393. The zero-order valence-electron chi connectivity index (χ0n) is 6.77. The molecule has 0 bridgehead atoms. The molecule has 3 nitrogen and oxygen atoms in total. The lowest BCUT2D eigenvalue weighted by Gasteiger charge is -2.13. The third-order valence-corrected chi connectivity index (χ3v) is 2.03. The molecule has 0 saturated carbocycles. The Morgan fingerprint density at radius 2 is 2.08 bits per heavy atom. The van der Waals surface area contributed by atoms with Gasteiger partial charge in [-0.05, 0) is 23.8 Å². The van der Waals surface area contributed by atoms with E-state index in [4.69, 9.17) is 5.11 Å². The largest absolute Gasteiger partial charge is 0.508 e. The number of hydrogen-bond donors (Lipinski definition) is 2. The lowest BCUT2D eigenvalue weighted by atomic mass is 9.94. The molecule has 1 atom stereocenters. The van der Waals surface area contributed by atoms with Crippen molar-refractivity contribution in [3.8, 4) is 5.75 Å². The van der Waals surface area contributed by atoms with Crippen LogP contribution in [-0.2, 0) is 0 Å². The third kappa shape index (κ3) is 1.23. The molecule has 0 radical (unpaired) electrons. The van der Waals surface area contributed by atoms with Crippen molar-refractivity contribution in [1.82, 2.24) is 0 Å². The van der Waals surface area contributed by atoms with E-state index in [-0.39, 0.29) is 11.5 Å². The number of rotatable bonds is 0. The average molecular weight is 176 g/mol. The lowest BCUT2D eigenvalue weighted by Crippen LogP contribution is -2.21. The second-order valence-electron chi connectivity index (χ2n) is 2.94. The summed E-state index contributed by atoms with van der Waals surface area (Å²) in [7, 11) is 0. The van der Waals surface area contributed by atoms with Gasteiger partial charge >= 0.3 is 0 Å². The number of fused-ring (bicyclic) bond motifs is 1. The first kappa shape index (κ1) is 8.01. The number of hydrogen-bond acceptors (Lipinski definition) is 3. The van der Waals surface area contributed by atoms with E-state index in [1.165, 1.54) is 18.2 Å². The number of ketones is 1. The van der Waals surface area contributed by atoms with Crippen molar-refractivity contribution < 1.29 is 15.0 Å². The topological polar surface area (TPSA) is 57.5 Å². The first-order chi connectivity index (χ1) is 6.18. The van der Waals surface area contributed by atoms with E-state index in [0.29, 0.717) is 5.56 Å². The van der Waals surface area contributed by atoms with Gasteiger partial charge in [-0.25, -0.2) is 0 Å². The summed E-state index contributed by atoms with van der Waals surface area (Å²) >= 11 is 0. The number of benzene rings is 1. The molecule has 66 valence electrons. The molecule has 0 aliphatic heterocycles. The van der Waals surface area contributed by atoms with Crippen molar-refractivity contribution >= 4 is 11.9 Å². The molecule has 1 aromatic carbocycles. The molecule has 1 aliphatic carbocycles. The van der Waals surface area contributed by atoms with Crippen LogP contribution in [0.1, 0.15) is 15.9 Å². The summed E-state index contributed by atoms with van der Waals surface area (Å²) in [5.41, 5.74) is 1.10. The Hall–Kier alpha value is -1.61. The zero-order chi connectivity index (χ0) is 9.42. The van der Waals surface area contributed by atoms with Gasteiger partial charge in [-0.1, -0.05) is 12.1 Å². The van der Waals surface area contributed by atoms with Gasteiger partial charge in [-0.3, -0.25) is 4.79 Å². The summed E-state index contributed by atoms with van der Waals surface area (Å²) in [4.78, 5) is 11.4. The first-order valence-electron chi connectivity index (χ1n) is 3.92. The van der Waals surface area contributed by atoms with Gasteiger partial charge in [0.2, 0.25) is 0 Å².